The predicted octanol–water partition coefficient (Wildman–Crippen LogP) is 2.10. The van der Waals surface area contributed by atoms with Crippen molar-refractivity contribution in [3.05, 3.63) is 0 Å². The van der Waals surface area contributed by atoms with Crippen LogP contribution in [0.3, 0.4) is 0 Å². The van der Waals surface area contributed by atoms with E-state index >= 15 is 0 Å². The van der Waals surface area contributed by atoms with E-state index in [1.165, 1.54) is 12.8 Å². The summed E-state index contributed by atoms with van der Waals surface area (Å²) in [5.41, 5.74) is 0. The zero-order valence-corrected chi connectivity index (χ0v) is 9.84. The summed E-state index contributed by atoms with van der Waals surface area (Å²) in [6.07, 6.45) is 4.57. The Morgan fingerprint density at radius 2 is 2.14 bits per heavy atom. The Kier molecular flexibility index (Phi) is 5.83. The Hall–Kier alpha value is 0.210. The third kappa shape index (κ3) is 4.16. The summed E-state index contributed by atoms with van der Waals surface area (Å²) in [7, 11) is 0. The first-order valence-electron chi connectivity index (χ1n) is 5.70. The molecule has 1 rings (SSSR count). The Morgan fingerprint density at radius 1 is 1.36 bits per heavy atom. The molecule has 2 nitrogen and oxygen atoms in total. The van der Waals surface area contributed by atoms with Gasteiger partial charge in [0, 0.05) is 12.4 Å². The number of hydrogen-bond acceptors (Lipinski definition) is 2. The quantitative estimate of drug-likeness (QED) is 0.566. The van der Waals surface area contributed by atoms with Crippen LogP contribution in [-0.2, 0) is 0 Å². The number of piperidine rings is 1. The number of nitrogens with zero attached hydrogens (tertiary/aromatic N) is 1. The first-order chi connectivity index (χ1) is 6.74. The van der Waals surface area contributed by atoms with Crippen LogP contribution < -0.4 is 0 Å². The highest BCUT2D eigenvalue weighted by molar-refractivity contribution is 6.17. The van der Waals surface area contributed by atoms with E-state index in [4.69, 9.17) is 11.6 Å². The minimum absolute atomic E-state index is 0.114. The average Bonchev–Trinajstić information content (AvgIpc) is 2.18. The van der Waals surface area contributed by atoms with E-state index in [0.717, 1.165) is 38.4 Å². The lowest BCUT2D eigenvalue weighted by Gasteiger charge is -2.34. The van der Waals surface area contributed by atoms with Gasteiger partial charge in [0.15, 0.2) is 0 Å². The molecule has 0 aromatic carbocycles. The second-order valence-corrected chi connectivity index (χ2v) is 4.76. The van der Waals surface area contributed by atoms with Crippen molar-refractivity contribution in [3.63, 3.8) is 0 Å². The Bertz CT molecular complexity index is 154. The second-order valence-electron chi connectivity index (χ2n) is 4.38. The van der Waals surface area contributed by atoms with Crippen LogP contribution >= 0.6 is 11.6 Å². The minimum atomic E-state index is -0.114. The van der Waals surface area contributed by atoms with Crippen molar-refractivity contribution in [1.82, 2.24) is 4.90 Å². The number of likely N-dealkylation sites (tertiary alicyclic amines) is 1. The molecule has 0 saturated carbocycles. The van der Waals surface area contributed by atoms with Crippen LogP contribution in [0, 0.1) is 5.92 Å². The number of alkyl halides is 1. The van der Waals surface area contributed by atoms with Gasteiger partial charge in [-0.05, 0) is 38.3 Å². The van der Waals surface area contributed by atoms with Gasteiger partial charge in [-0.3, -0.25) is 0 Å². The third-order valence-electron chi connectivity index (χ3n) is 3.11. The highest BCUT2D eigenvalue weighted by Crippen LogP contribution is 2.17. The number of rotatable bonds is 5. The van der Waals surface area contributed by atoms with Crippen molar-refractivity contribution in [2.24, 2.45) is 5.92 Å². The fourth-order valence-electron chi connectivity index (χ4n) is 1.92. The summed E-state index contributed by atoms with van der Waals surface area (Å²) >= 11 is 5.61. The van der Waals surface area contributed by atoms with Gasteiger partial charge in [-0.1, -0.05) is 13.3 Å². The van der Waals surface area contributed by atoms with E-state index in [-0.39, 0.29) is 6.10 Å². The van der Waals surface area contributed by atoms with E-state index in [0.29, 0.717) is 5.92 Å². The molecular formula is C11H22ClNO. The molecule has 1 saturated heterocycles. The van der Waals surface area contributed by atoms with Crippen LogP contribution in [0.1, 0.15) is 32.6 Å². The zero-order valence-electron chi connectivity index (χ0n) is 9.08. The predicted molar refractivity (Wildman–Crippen MR) is 60.8 cm³/mol. The molecule has 0 bridgehead atoms. The first kappa shape index (κ1) is 12.3. The SMILES string of the molecule is CC1CCN(CCCCCCl)CC1O. The molecule has 0 amide bonds. The maximum absolute atomic E-state index is 9.69. The van der Waals surface area contributed by atoms with E-state index < -0.39 is 0 Å². The zero-order chi connectivity index (χ0) is 10.4. The van der Waals surface area contributed by atoms with Crippen LogP contribution in [0.2, 0.25) is 0 Å². The van der Waals surface area contributed by atoms with Crippen molar-refractivity contribution in [2.45, 2.75) is 38.7 Å². The number of aliphatic hydroxyl groups excluding tert-OH is 1. The van der Waals surface area contributed by atoms with Gasteiger partial charge in [0.2, 0.25) is 0 Å². The Labute approximate surface area is 92.2 Å². The van der Waals surface area contributed by atoms with Gasteiger partial charge in [-0.25, -0.2) is 0 Å². The molecule has 3 heteroatoms. The Morgan fingerprint density at radius 3 is 2.79 bits per heavy atom. The Balaban J connectivity index is 2.07. The van der Waals surface area contributed by atoms with Gasteiger partial charge in [-0.2, -0.15) is 0 Å². The molecule has 0 aromatic heterocycles. The third-order valence-corrected chi connectivity index (χ3v) is 3.38. The molecule has 1 aliphatic heterocycles. The topological polar surface area (TPSA) is 23.5 Å². The highest BCUT2D eigenvalue weighted by Gasteiger charge is 2.23. The maximum atomic E-state index is 9.69. The number of unbranched alkanes of at least 4 members (excludes halogenated alkanes) is 2. The van der Waals surface area contributed by atoms with Gasteiger partial charge in [0.1, 0.15) is 0 Å². The van der Waals surface area contributed by atoms with Crippen molar-refractivity contribution in [2.75, 3.05) is 25.5 Å². The standard InChI is InChI=1S/C11H22ClNO/c1-10-5-8-13(9-11(10)14)7-4-2-3-6-12/h10-11,14H,2-9H2,1H3. The lowest BCUT2D eigenvalue weighted by atomic mass is 9.96. The molecule has 0 aliphatic carbocycles. The minimum Gasteiger partial charge on any atom is -0.392 e. The van der Waals surface area contributed by atoms with Crippen LogP contribution in [0.15, 0.2) is 0 Å². The molecule has 14 heavy (non-hydrogen) atoms. The van der Waals surface area contributed by atoms with E-state index in [9.17, 15) is 5.11 Å². The van der Waals surface area contributed by atoms with Gasteiger partial charge < -0.3 is 10.0 Å². The number of hydrogen-bond donors (Lipinski definition) is 1. The molecule has 84 valence electrons. The fourth-order valence-corrected chi connectivity index (χ4v) is 2.11. The average molecular weight is 220 g/mol. The largest absolute Gasteiger partial charge is 0.392 e. The molecule has 1 fully saturated rings. The molecule has 2 atom stereocenters. The van der Waals surface area contributed by atoms with Crippen LogP contribution in [0.25, 0.3) is 0 Å². The van der Waals surface area contributed by atoms with Gasteiger partial charge in [0.05, 0.1) is 6.10 Å². The molecule has 0 radical (unpaired) electrons. The summed E-state index contributed by atoms with van der Waals surface area (Å²) in [6.45, 7) is 5.28. The van der Waals surface area contributed by atoms with Crippen LogP contribution in [-0.4, -0.2) is 41.6 Å². The summed E-state index contributed by atoms with van der Waals surface area (Å²) in [5, 5.41) is 9.69. The highest BCUT2D eigenvalue weighted by atomic mass is 35.5. The van der Waals surface area contributed by atoms with Crippen molar-refractivity contribution >= 4 is 11.6 Å². The molecule has 1 aliphatic rings. The summed E-state index contributed by atoms with van der Waals surface area (Å²) in [6, 6.07) is 0. The van der Waals surface area contributed by atoms with Gasteiger partial charge in [-0.15, -0.1) is 11.6 Å². The summed E-state index contributed by atoms with van der Waals surface area (Å²) in [4.78, 5) is 2.37. The normalized spacial score (nSPS) is 29.4. The molecule has 0 spiro atoms. The van der Waals surface area contributed by atoms with Crippen LogP contribution in [0.4, 0.5) is 0 Å². The van der Waals surface area contributed by atoms with E-state index in [2.05, 4.69) is 11.8 Å². The van der Waals surface area contributed by atoms with Crippen LogP contribution in [0.5, 0.6) is 0 Å². The van der Waals surface area contributed by atoms with E-state index in [1.54, 1.807) is 0 Å². The van der Waals surface area contributed by atoms with Crippen molar-refractivity contribution in [1.29, 1.82) is 0 Å². The number of β-amino-alcohol motifs (C(OH)–C–C–N with tert-alkyl or cyclic N) is 1. The summed E-state index contributed by atoms with van der Waals surface area (Å²) in [5.74, 6) is 1.26. The molecule has 1 heterocycles. The second kappa shape index (κ2) is 6.65. The molecular weight excluding hydrogens is 198 g/mol. The van der Waals surface area contributed by atoms with Crippen molar-refractivity contribution < 1.29 is 5.11 Å². The molecule has 0 aromatic rings. The van der Waals surface area contributed by atoms with E-state index in [1.807, 2.05) is 0 Å². The smallest absolute Gasteiger partial charge is 0.0693 e. The monoisotopic (exact) mass is 219 g/mol. The maximum Gasteiger partial charge on any atom is 0.0693 e. The lowest BCUT2D eigenvalue weighted by molar-refractivity contribution is 0.0287. The molecule has 1 N–H and O–H groups in total. The summed E-state index contributed by atoms with van der Waals surface area (Å²) < 4.78 is 0. The van der Waals surface area contributed by atoms with Gasteiger partial charge in [0.25, 0.3) is 0 Å². The number of halogens is 1. The number of aliphatic hydroxyl groups is 1. The first-order valence-corrected chi connectivity index (χ1v) is 6.24. The fraction of sp³-hybridized carbons (Fsp3) is 1.00. The lowest BCUT2D eigenvalue weighted by Crippen LogP contribution is -2.43. The van der Waals surface area contributed by atoms with Gasteiger partial charge >= 0.3 is 0 Å². The molecule has 2 unspecified atom stereocenters. The van der Waals surface area contributed by atoms with Crippen molar-refractivity contribution in [3.8, 4) is 0 Å².